The molecule has 1 amide bonds. The van der Waals surface area contributed by atoms with Gasteiger partial charge in [-0.2, -0.15) is 0 Å². The lowest BCUT2D eigenvalue weighted by atomic mass is 10.1. The number of rotatable bonds is 3. The van der Waals surface area contributed by atoms with Gasteiger partial charge in [0.15, 0.2) is 0 Å². The van der Waals surface area contributed by atoms with Crippen LogP contribution in [0.3, 0.4) is 0 Å². The van der Waals surface area contributed by atoms with E-state index in [-0.39, 0.29) is 17.0 Å². The number of anilines is 1. The van der Waals surface area contributed by atoms with Crippen LogP contribution >= 0.6 is 0 Å². The predicted octanol–water partition coefficient (Wildman–Crippen LogP) is 1.39. The highest BCUT2D eigenvalue weighted by atomic mass is 16.1. The highest BCUT2D eigenvalue weighted by Crippen LogP contribution is 2.20. The lowest BCUT2D eigenvalue weighted by Gasteiger charge is -2.05. The van der Waals surface area contributed by atoms with E-state index in [1.54, 1.807) is 24.3 Å². The SMILES string of the molecule is CC(=O)Nc1ccc(-c2nc[nH]c(=O)c2C=N)cc1. The summed E-state index contributed by atoms with van der Waals surface area (Å²) in [4.78, 5) is 29.0. The molecular formula is C13H12N4O2. The molecule has 0 fully saturated rings. The first-order valence-corrected chi connectivity index (χ1v) is 5.58. The van der Waals surface area contributed by atoms with Crippen molar-refractivity contribution in [3.8, 4) is 11.3 Å². The zero-order chi connectivity index (χ0) is 13.8. The standard InChI is InChI=1S/C13H12N4O2/c1-8(18)17-10-4-2-9(3-5-10)12-11(6-14)13(19)16-7-15-12/h2-7,14H,1H3,(H,17,18)(H,15,16,19). The molecule has 0 unspecified atom stereocenters. The lowest BCUT2D eigenvalue weighted by molar-refractivity contribution is -0.114. The number of amides is 1. The average molecular weight is 256 g/mol. The zero-order valence-corrected chi connectivity index (χ0v) is 10.2. The first kappa shape index (κ1) is 12.7. The van der Waals surface area contributed by atoms with E-state index in [9.17, 15) is 9.59 Å². The van der Waals surface area contributed by atoms with Gasteiger partial charge in [0.05, 0.1) is 17.6 Å². The summed E-state index contributed by atoms with van der Waals surface area (Å²) in [6.07, 6.45) is 2.27. The quantitative estimate of drug-likeness (QED) is 0.723. The van der Waals surface area contributed by atoms with Crippen molar-refractivity contribution < 1.29 is 4.79 Å². The number of aromatic nitrogens is 2. The molecule has 1 aromatic heterocycles. The molecule has 1 aromatic carbocycles. The lowest BCUT2D eigenvalue weighted by Crippen LogP contribution is -2.14. The molecule has 6 nitrogen and oxygen atoms in total. The van der Waals surface area contributed by atoms with Gasteiger partial charge in [-0.05, 0) is 12.1 Å². The second kappa shape index (κ2) is 5.26. The Hall–Kier alpha value is -2.76. The Kier molecular flexibility index (Phi) is 3.51. The molecule has 0 bridgehead atoms. The van der Waals surface area contributed by atoms with Crippen molar-refractivity contribution in [1.82, 2.24) is 9.97 Å². The second-order valence-electron chi connectivity index (χ2n) is 3.90. The Morgan fingerprint density at radius 2 is 2.05 bits per heavy atom. The number of nitrogens with zero attached hydrogens (tertiary/aromatic N) is 1. The topological polar surface area (TPSA) is 98.7 Å². The maximum atomic E-state index is 11.6. The number of carbonyl (C=O) groups is 1. The van der Waals surface area contributed by atoms with Gasteiger partial charge in [-0.3, -0.25) is 9.59 Å². The third-order valence-electron chi connectivity index (χ3n) is 2.51. The maximum absolute atomic E-state index is 11.6. The van der Waals surface area contributed by atoms with E-state index in [0.717, 1.165) is 6.21 Å². The fourth-order valence-corrected chi connectivity index (χ4v) is 1.69. The fraction of sp³-hybridized carbons (Fsp3) is 0.0769. The van der Waals surface area contributed by atoms with E-state index in [0.29, 0.717) is 16.9 Å². The molecule has 96 valence electrons. The van der Waals surface area contributed by atoms with Crippen LogP contribution in [-0.2, 0) is 4.79 Å². The van der Waals surface area contributed by atoms with Gasteiger partial charge in [-0.15, -0.1) is 0 Å². The van der Waals surface area contributed by atoms with Crippen molar-refractivity contribution in [2.45, 2.75) is 6.92 Å². The zero-order valence-electron chi connectivity index (χ0n) is 10.2. The number of benzene rings is 1. The minimum absolute atomic E-state index is 0.151. The number of carbonyl (C=O) groups excluding carboxylic acids is 1. The van der Waals surface area contributed by atoms with E-state index >= 15 is 0 Å². The van der Waals surface area contributed by atoms with E-state index in [1.807, 2.05) is 0 Å². The highest BCUT2D eigenvalue weighted by molar-refractivity contribution is 5.90. The minimum Gasteiger partial charge on any atom is -0.326 e. The fourth-order valence-electron chi connectivity index (χ4n) is 1.69. The second-order valence-corrected chi connectivity index (χ2v) is 3.90. The molecular weight excluding hydrogens is 244 g/mol. The highest BCUT2D eigenvalue weighted by Gasteiger charge is 2.08. The van der Waals surface area contributed by atoms with Crippen molar-refractivity contribution in [3.05, 3.63) is 46.5 Å². The van der Waals surface area contributed by atoms with Gasteiger partial charge in [0.25, 0.3) is 5.56 Å². The number of hydrogen-bond donors (Lipinski definition) is 3. The van der Waals surface area contributed by atoms with Gasteiger partial charge in [-0.25, -0.2) is 4.98 Å². The van der Waals surface area contributed by atoms with Crippen molar-refractivity contribution in [2.75, 3.05) is 5.32 Å². The van der Waals surface area contributed by atoms with Gasteiger partial charge in [0.1, 0.15) is 0 Å². The first-order chi connectivity index (χ1) is 9.11. The summed E-state index contributed by atoms with van der Waals surface area (Å²) in [6, 6.07) is 6.90. The van der Waals surface area contributed by atoms with Crippen LogP contribution < -0.4 is 10.9 Å². The summed E-state index contributed by atoms with van der Waals surface area (Å²) in [5.41, 5.74) is 1.66. The van der Waals surface area contributed by atoms with Crippen LogP contribution in [0.1, 0.15) is 12.5 Å². The van der Waals surface area contributed by atoms with Crippen LogP contribution in [0, 0.1) is 5.41 Å². The number of H-pyrrole nitrogens is 1. The van der Waals surface area contributed by atoms with Crippen LogP contribution in [0.5, 0.6) is 0 Å². The van der Waals surface area contributed by atoms with Crippen molar-refractivity contribution in [2.24, 2.45) is 0 Å². The van der Waals surface area contributed by atoms with Gasteiger partial charge in [-0.1, -0.05) is 12.1 Å². The molecule has 2 rings (SSSR count). The third-order valence-corrected chi connectivity index (χ3v) is 2.51. The Labute approximate surface area is 109 Å². The van der Waals surface area contributed by atoms with Gasteiger partial charge in [0.2, 0.25) is 5.91 Å². The Bertz CT molecular complexity index is 674. The van der Waals surface area contributed by atoms with Crippen LogP contribution in [0.4, 0.5) is 5.69 Å². The number of nitrogens with one attached hydrogen (secondary N) is 3. The normalized spacial score (nSPS) is 9.95. The molecule has 6 heteroatoms. The average Bonchev–Trinajstić information content (AvgIpc) is 2.38. The van der Waals surface area contributed by atoms with E-state index in [1.165, 1.54) is 13.3 Å². The summed E-state index contributed by atoms with van der Waals surface area (Å²) < 4.78 is 0. The van der Waals surface area contributed by atoms with Crippen LogP contribution in [-0.4, -0.2) is 22.1 Å². The molecule has 0 spiro atoms. The Balaban J connectivity index is 2.43. The van der Waals surface area contributed by atoms with E-state index in [2.05, 4.69) is 15.3 Å². The first-order valence-electron chi connectivity index (χ1n) is 5.58. The molecule has 0 atom stereocenters. The predicted molar refractivity (Wildman–Crippen MR) is 72.5 cm³/mol. The van der Waals surface area contributed by atoms with Crippen molar-refractivity contribution >= 4 is 17.8 Å². The van der Waals surface area contributed by atoms with Gasteiger partial charge < -0.3 is 15.7 Å². The number of hydrogen-bond acceptors (Lipinski definition) is 4. The summed E-state index contributed by atoms with van der Waals surface area (Å²) in [6.45, 7) is 1.43. The van der Waals surface area contributed by atoms with Crippen LogP contribution in [0.15, 0.2) is 35.4 Å². The van der Waals surface area contributed by atoms with Crippen molar-refractivity contribution in [1.29, 1.82) is 5.41 Å². The monoisotopic (exact) mass is 256 g/mol. The summed E-state index contributed by atoms with van der Waals surface area (Å²) >= 11 is 0. The van der Waals surface area contributed by atoms with Crippen LogP contribution in [0.2, 0.25) is 0 Å². The summed E-state index contributed by atoms with van der Waals surface area (Å²) in [5.74, 6) is -0.151. The van der Waals surface area contributed by atoms with E-state index in [4.69, 9.17) is 5.41 Å². The van der Waals surface area contributed by atoms with Gasteiger partial charge in [0, 0.05) is 24.4 Å². The molecule has 2 aromatic rings. The largest absolute Gasteiger partial charge is 0.326 e. The molecule has 3 N–H and O–H groups in total. The third kappa shape index (κ3) is 2.74. The molecule has 19 heavy (non-hydrogen) atoms. The smallest absolute Gasteiger partial charge is 0.260 e. The molecule has 0 aliphatic heterocycles. The molecule has 0 saturated carbocycles. The van der Waals surface area contributed by atoms with E-state index < -0.39 is 0 Å². The molecule has 0 radical (unpaired) electrons. The molecule has 0 aliphatic rings. The van der Waals surface area contributed by atoms with Crippen molar-refractivity contribution in [3.63, 3.8) is 0 Å². The minimum atomic E-state index is -0.356. The maximum Gasteiger partial charge on any atom is 0.260 e. The Morgan fingerprint density at radius 1 is 1.37 bits per heavy atom. The van der Waals surface area contributed by atoms with Crippen LogP contribution in [0.25, 0.3) is 11.3 Å². The molecule has 1 heterocycles. The molecule has 0 saturated heterocycles. The number of aromatic amines is 1. The van der Waals surface area contributed by atoms with Gasteiger partial charge >= 0.3 is 0 Å². The molecule has 0 aliphatic carbocycles. The summed E-state index contributed by atoms with van der Waals surface area (Å²) in [7, 11) is 0. The summed E-state index contributed by atoms with van der Waals surface area (Å²) in [5, 5.41) is 9.92. The Morgan fingerprint density at radius 3 is 2.63 bits per heavy atom.